The second-order valence-electron chi connectivity index (χ2n) is 8.18. The van der Waals surface area contributed by atoms with E-state index in [2.05, 4.69) is 4.99 Å². The summed E-state index contributed by atoms with van der Waals surface area (Å²) < 4.78 is 16.9. The van der Waals surface area contributed by atoms with Crippen molar-refractivity contribution in [2.24, 2.45) is 4.99 Å². The Balaban J connectivity index is 1.39. The van der Waals surface area contributed by atoms with E-state index in [1.54, 1.807) is 20.4 Å². The average molecular weight is 459 g/mol. The van der Waals surface area contributed by atoms with Crippen molar-refractivity contribution in [1.82, 2.24) is 4.90 Å². The summed E-state index contributed by atoms with van der Waals surface area (Å²) in [6, 6.07) is 20.9. The maximum Gasteiger partial charge on any atom is 0.253 e. The van der Waals surface area contributed by atoms with Gasteiger partial charge in [0.15, 0.2) is 11.5 Å². The zero-order valence-corrected chi connectivity index (χ0v) is 19.7. The smallest absolute Gasteiger partial charge is 0.253 e. The highest BCUT2D eigenvalue weighted by Gasteiger charge is 2.18. The highest BCUT2D eigenvalue weighted by Crippen LogP contribution is 2.30. The number of piperidine rings is 1. The number of rotatable bonds is 8. The van der Waals surface area contributed by atoms with Gasteiger partial charge in [-0.2, -0.15) is 0 Å². The van der Waals surface area contributed by atoms with Gasteiger partial charge in [0.05, 0.1) is 14.2 Å². The van der Waals surface area contributed by atoms with Crippen LogP contribution in [-0.2, 0) is 6.61 Å². The lowest BCUT2D eigenvalue weighted by Crippen LogP contribution is -2.35. The van der Waals surface area contributed by atoms with E-state index in [0.29, 0.717) is 23.9 Å². The Hall–Kier alpha value is -3.80. The van der Waals surface area contributed by atoms with E-state index in [1.807, 2.05) is 71.6 Å². The van der Waals surface area contributed by atoms with Gasteiger partial charge in [0.1, 0.15) is 18.0 Å². The zero-order chi connectivity index (χ0) is 23.8. The number of likely N-dealkylation sites (tertiary alicyclic amines) is 1. The summed E-state index contributed by atoms with van der Waals surface area (Å²) in [6.07, 6.45) is 5.15. The number of hydrogen-bond donors (Lipinski definition) is 0. The molecule has 0 radical (unpaired) electrons. The minimum absolute atomic E-state index is 0.110. The molecule has 6 nitrogen and oxygen atoms in total. The summed E-state index contributed by atoms with van der Waals surface area (Å²) in [4.78, 5) is 19.1. The van der Waals surface area contributed by atoms with Crippen molar-refractivity contribution in [2.75, 3.05) is 27.3 Å². The van der Waals surface area contributed by atoms with E-state index in [0.717, 1.165) is 48.3 Å². The average Bonchev–Trinajstić information content (AvgIpc) is 2.91. The molecule has 176 valence electrons. The molecule has 0 atom stereocenters. The number of carbonyl (C=O) groups is 1. The first-order valence-corrected chi connectivity index (χ1v) is 11.5. The molecule has 1 aliphatic rings. The van der Waals surface area contributed by atoms with Crippen LogP contribution in [0.2, 0.25) is 0 Å². The zero-order valence-electron chi connectivity index (χ0n) is 19.7. The molecule has 6 heteroatoms. The standard InChI is InChI=1S/C28H30N2O4/c1-32-25-9-5-4-8-24(25)29-19-22-12-15-26(27(18-22)33-2)34-20-21-10-13-23(14-11-21)28(31)30-16-6-3-7-17-30/h4-5,8-15,18-19H,3,6-7,16-17,20H2,1-2H3. The SMILES string of the molecule is COc1ccccc1N=Cc1ccc(OCc2ccc(C(=O)N3CCCCC3)cc2)c(OC)c1. The van der Waals surface area contributed by atoms with Crippen LogP contribution in [0.3, 0.4) is 0 Å². The maximum atomic E-state index is 12.6. The van der Waals surface area contributed by atoms with Crippen LogP contribution in [0.25, 0.3) is 0 Å². The Kier molecular flexibility index (Phi) is 7.81. The van der Waals surface area contributed by atoms with Crippen LogP contribution in [0, 0.1) is 0 Å². The van der Waals surface area contributed by atoms with Gasteiger partial charge in [-0.25, -0.2) is 0 Å². The molecule has 0 saturated carbocycles. The Bertz CT molecular complexity index is 1140. The third-order valence-corrected chi connectivity index (χ3v) is 5.86. The molecule has 1 aliphatic heterocycles. The molecule has 0 spiro atoms. The fraction of sp³-hybridized carbons (Fsp3) is 0.286. The number of aliphatic imine (C=N–C) groups is 1. The molecular weight excluding hydrogens is 428 g/mol. The van der Waals surface area contributed by atoms with Crippen LogP contribution in [0.5, 0.6) is 17.2 Å². The first-order chi connectivity index (χ1) is 16.7. The Morgan fingerprint density at radius 1 is 0.882 bits per heavy atom. The topological polar surface area (TPSA) is 60.4 Å². The molecule has 0 unspecified atom stereocenters. The lowest BCUT2D eigenvalue weighted by Gasteiger charge is -2.26. The highest BCUT2D eigenvalue weighted by atomic mass is 16.5. The fourth-order valence-electron chi connectivity index (χ4n) is 3.95. The van der Waals surface area contributed by atoms with E-state index in [-0.39, 0.29) is 5.91 Å². The minimum Gasteiger partial charge on any atom is -0.494 e. The molecule has 3 aromatic carbocycles. The molecule has 0 aliphatic carbocycles. The molecule has 0 N–H and O–H groups in total. The van der Waals surface area contributed by atoms with Crippen molar-refractivity contribution in [3.8, 4) is 17.2 Å². The van der Waals surface area contributed by atoms with Gasteiger partial charge in [0.25, 0.3) is 5.91 Å². The van der Waals surface area contributed by atoms with Crippen LogP contribution in [0.4, 0.5) is 5.69 Å². The Morgan fingerprint density at radius 3 is 2.35 bits per heavy atom. The van der Waals surface area contributed by atoms with E-state index in [4.69, 9.17) is 14.2 Å². The Labute approximate surface area is 200 Å². The summed E-state index contributed by atoms with van der Waals surface area (Å²) >= 11 is 0. The third kappa shape index (κ3) is 5.76. The summed E-state index contributed by atoms with van der Waals surface area (Å²) in [5.74, 6) is 2.10. The van der Waals surface area contributed by atoms with Gasteiger partial charge in [0, 0.05) is 24.9 Å². The van der Waals surface area contributed by atoms with Gasteiger partial charge >= 0.3 is 0 Å². The molecule has 34 heavy (non-hydrogen) atoms. The molecule has 0 aromatic heterocycles. The van der Waals surface area contributed by atoms with Gasteiger partial charge in [-0.3, -0.25) is 9.79 Å². The quantitative estimate of drug-likeness (QED) is 0.409. The molecule has 3 aromatic rings. The molecule has 1 heterocycles. The largest absolute Gasteiger partial charge is 0.494 e. The lowest BCUT2D eigenvalue weighted by atomic mass is 10.1. The number of ether oxygens (including phenoxy) is 3. The van der Waals surface area contributed by atoms with Crippen LogP contribution in [-0.4, -0.2) is 44.3 Å². The summed E-state index contributed by atoms with van der Waals surface area (Å²) in [5.41, 5.74) is 3.35. The van der Waals surface area contributed by atoms with Crippen molar-refractivity contribution in [3.05, 3.63) is 83.4 Å². The lowest BCUT2D eigenvalue weighted by molar-refractivity contribution is 0.0724. The predicted octanol–water partition coefficient (Wildman–Crippen LogP) is 5.66. The van der Waals surface area contributed by atoms with Crippen molar-refractivity contribution in [3.63, 3.8) is 0 Å². The van der Waals surface area contributed by atoms with Crippen LogP contribution >= 0.6 is 0 Å². The van der Waals surface area contributed by atoms with E-state index in [1.165, 1.54) is 6.42 Å². The van der Waals surface area contributed by atoms with Gasteiger partial charge in [-0.15, -0.1) is 0 Å². The van der Waals surface area contributed by atoms with Crippen molar-refractivity contribution in [1.29, 1.82) is 0 Å². The van der Waals surface area contributed by atoms with E-state index in [9.17, 15) is 4.79 Å². The second kappa shape index (κ2) is 11.4. The van der Waals surface area contributed by atoms with Crippen molar-refractivity contribution in [2.45, 2.75) is 25.9 Å². The molecular formula is C28H30N2O4. The first kappa shape index (κ1) is 23.4. The fourth-order valence-corrected chi connectivity index (χ4v) is 3.95. The van der Waals surface area contributed by atoms with Gasteiger partial charge in [-0.1, -0.05) is 24.3 Å². The molecule has 1 saturated heterocycles. The number of nitrogens with zero attached hydrogens (tertiary/aromatic N) is 2. The minimum atomic E-state index is 0.110. The predicted molar refractivity (Wildman–Crippen MR) is 134 cm³/mol. The second-order valence-corrected chi connectivity index (χ2v) is 8.18. The number of benzene rings is 3. The number of carbonyl (C=O) groups excluding carboxylic acids is 1. The van der Waals surface area contributed by atoms with E-state index < -0.39 is 0 Å². The monoisotopic (exact) mass is 458 g/mol. The van der Waals surface area contributed by atoms with Crippen molar-refractivity contribution < 1.29 is 19.0 Å². The normalized spacial score (nSPS) is 13.6. The van der Waals surface area contributed by atoms with Gasteiger partial charge in [-0.05, 0) is 72.9 Å². The number of hydrogen-bond acceptors (Lipinski definition) is 5. The number of amides is 1. The third-order valence-electron chi connectivity index (χ3n) is 5.86. The molecule has 1 amide bonds. The van der Waals surface area contributed by atoms with Crippen LogP contribution in [0.15, 0.2) is 71.7 Å². The molecule has 0 bridgehead atoms. The summed E-state index contributed by atoms with van der Waals surface area (Å²) in [7, 11) is 3.24. The summed E-state index contributed by atoms with van der Waals surface area (Å²) in [5, 5.41) is 0. The first-order valence-electron chi connectivity index (χ1n) is 11.5. The summed E-state index contributed by atoms with van der Waals surface area (Å²) in [6.45, 7) is 2.08. The number of methoxy groups -OCH3 is 2. The highest BCUT2D eigenvalue weighted by molar-refractivity contribution is 5.94. The van der Waals surface area contributed by atoms with Crippen LogP contribution in [0.1, 0.15) is 40.7 Å². The van der Waals surface area contributed by atoms with Crippen LogP contribution < -0.4 is 14.2 Å². The van der Waals surface area contributed by atoms with E-state index >= 15 is 0 Å². The maximum absolute atomic E-state index is 12.6. The Morgan fingerprint density at radius 2 is 1.62 bits per heavy atom. The van der Waals surface area contributed by atoms with Gasteiger partial charge in [0.2, 0.25) is 0 Å². The molecule has 4 rings (SSSR count). The number of para-hydroxylation sites is 2. The van der Waals surface area contributed by atoms with Crippen molar-refractivity contribution >= 4 is 17.8 Å². The molecule has 1 fully saturated rings. The van der Waals surface area contributed by atoms with Gasteiger partial charge < -0.3 is 19.1 Å².